The Balaban J connectivity index is 1.92. The van der Waals surface area contributed by atoms with Crippen LogP contribution in [0, 0.1) is 6.92 Å². The molecule has 21 heavy (non-hydrogen) atoms. The lowest BCUT2D eigenvalue weighted by molar-refractivity contribution is -0.114. The van der Waals surface area contributed by atoms with Crippen LogP contribution in [0.2, 0.25) is 0 Å². The first-order valence-corrected chi connectivity index (χ1v) is 6.93. The Morgan fingerprint density at radius 3 is 2.57 bits per heavy atom. The fourth-order valence-corrected chi connectivity index (χ4v) is 1.98. The molecule has 2 N–H and O–H groups in total. The summed E-state index contributed by atoms with van der Waals surface area (Å²) in [6, 6.07) is 15.7. The number of benzene rings is 2. The van der Waals surface area contributed by atoms with Crippen LogP contribution in [0.3, 0.4) is 0 Å². The smallest absolute Gasteiger partial charge is 0.243 e. The van der Waals surface area contributed by atoms with Gasteiger partial charge in [0.15, 0.2) is 0 Å². The number of aryl methyl sites for hydroxylation is 1. The van der Waals surface area contributed by atoms with Crippen molar-refractivity contribution < 1.29 is 4.79 Å². The van der Waals surface area contributed by atoms with Crippen molar-refractivity contribution in [1.29, 1.82) is 0 Å². The van der Waals surface area contributed by atoms with E-state index in [-0.39, 0.29) is 12.5 Å². The fourth-order valence-electron chi connectivity index (χ4n) is 1.98. The first kappa shape index (κ1) is 14.9. The van der Waals surface area contributed by atoms with Crippen LogP contribution in [-0.2, 0) is 4.79 Å². The first-order chi connectivity index (χ1) is 10.1. The number of carbonyl (C=O) groups is 1. The summed E-state index contributed by atoms with van der Waals surface area (Å²) in [5.74, 6) is -0.0560. The molecule has 110 valence electrons. The third-order valence-corrected chi connectivity index (χ3v) is 3.23. The summed E-state index contributed by atoms with van der Waals surface area (Å²) < 4.78 is 0. The van der Waals surface area contributed by atoms with Gasteiger partial charge in [-0.1, -0.05) is 24.3 Å². The van der Waals surface area contributed by atoms with Crippen molar-refractivity contribution in [3.8, 4) is 0 Å². The van der Waals surface area contributed by atoms with E-state index in [0.29, 0.717) is 0 Å². The lowest BCUT2D eigenvalue weighted by Gasteiger charge is -2.14. The maximum absolute atomic E-state index is 12.0. The average Bonchev–Trinajstić information content (AvgIpc) is 2.48. The monoisotopic (exact) mass is 283 g/mol. The molecule has 0 aliphatic carbocycles. The molecule has 4 heteroatoms. The van der Waals surface area contributed by atoms with Gasteiger partial charge in [-0.15, -0.1) is 0 Å². The normalized spacial score (nSPS) is 10.0. The zero-order valence-electron chi connectivity index (χ0n) is 12.7. The van der Waals surface area contributed by atoms with Gasteiger partial charge in [0, 0.05) is 31.2 Å². The summed E-state index contributed by atoms with van der Waals surface area (Å²) in [7, 11) is 3.98. The molecule has 0 aliphatic heterocycles. The van der Waals surface area contributed by atoms with Gasteiger partial charge in [0.25, 0.3) is 0 Å². The minimum atomic E-state index is -0.0560. The van der Waals surface area contributed by atoms with Crippen molar-refractivity contribution in [2.75, 3.05) is 36.2 Å². The standard InChI is InChI=1S/C17H21N3O/c1-13-7-4-5-10-16(13)19-17(21)12-18-14-8-6-9-15(11-14)20(2)3/h4-11,18H,12H2,1-3H3,(H,19,21). The van der Waals surface area contributed by atoms with Gasteiger partial charge in [-0.25, -0.2) is 0 Å². The molecule has 0 radical (unpaired) electrons. The minimum absolute atomic E-state index is 0.0560. The van der Waals surface area contributed by atoms with Crippen molar-refractivity contribution >= 4 is 23.0 Å². The maximum Gasteiger partial charge on any atom is 0.243 e. The number of hydrogen-bond donors (Lipinski definition) is 2. The molecule has 0 saturated heterocycles. The van der Waals surface area contributed by atoms with Crippen LogP contribution in [0.15, 0.2) is 48.5 Å². The molecule has 0 saturated carbocycles. The molecule has 0 unspecified atom stereocenters. The summed E-state index contributed by atoms with van der Waals surface area (Å²) in [6.45, 7) is 2.22. The largest absolute Gasteiger partial charge is 0.378 e. The van der Waals surface area contributed by atoms with Crippen molar-refractivity contribution in [3.63, 3.8) is 0 Å². The van der Waals surface area contributed by atoms with Gasteiger partial charge >= 0.3 is 0 Å². The number of para-hydroxylation sites is 1. The van der Waals surface area contributed by atoms with Crippen LogP contribution in [0.5, 0.6) is 0 Å². The zero-order chi connectivity index (χ0) is 15.2. The summed E-state index contributed by atoms with van der Waals surface area (Å²) in [4.78, 5) is 14.0. The summed E-state index contributed by atoms with van der Waals surface area (Å²) in [5, 5.41) is 6.05. The van der Waals surface area contributed by atoms with E-state index >= 15 is 0 Å². The van der Waals surface area contributed by atoms with E-state index < -0.39 is 0 Å². The van der Waals surface area contributed by atoms with Crippen molar-refractivity contribution in [1.82, 2.24) is 0 Å². The van der Waals surface area contributed by atoms with E-state index in [4.69, 9.17) is 0 Å². The van der Waals surface area contributed by atoms with E-state index in [1.54, 1.807) is 0 Å². The molecule has 2 rings (SSSR count). The Kier molecular flexibility index (Phi) is 4.82. The van der Waals surface area contributed by atoms with Crippen LogP contribution in [-0.4, -0.2) is 26.5 Å². The molecule has 0 aliphatic rings. The van der Waals surface area contributed by atoms with Crippen molar-refractivity contribution in [2.24, 2.45) is 0 Å². The highest BCUT2D eigenvalue weighted by atomic mass is 16.1. The van der Waals surface area contributed by atoms with Crippen LogP contribution in [0.4, 0.5) is 17.1 Å². The highest BCUT2D eigenvalue weighted by molar-refractivity contribution is 5.94. The number of carbonyl (C=O) groups excluding carboxylic acids is 1. The topological polar surface area (TPSA) is 44.4 Å². The lowest BCUT2D eigenvalue weighted by Crippen LogP contribution is -2.22. The third kappa shape index (κ3) is 4.24. The average molecular weight is 283 g/mol. The highest BCUT2D eigenvalue weighted by Gasteiger charge is 2.04. The zero-order valence-corrected chi connectivity index (χ0v) is 12.7. The van der Waals surface area contributed by atoms with Gasteiger partial charge in [0.05, 0.1) is 6.54 Å². The number of nitrogens with one attached hydrogen (secondary N) is 2. The molecule has 1 amide bonds. The van der Waals surface area contributed by atoms with Crippen LogP contribution < -0.4 is 15.5 Å². The molecule has 0 heterocycles. The summed E-state index contributed by atoms with van der Waals surface area (Å²) in [6.07, 6.45) is 0. The molecule has 0 aromatic heterocycles. The summed E-state index contributed by atoms with van der Waals surface area (Å²) >= 11 is 0. The SMILES string of the molecule is Cc1ccccc1NC(=O)CNc1cccc(N(C)C)c1. The Hall–Kier alpha value is -2.49. The van der Waals surface area contributed by atoms with E-state index in [0.717, 1.165) is 22.6 Å². The third-order valence-electron chi connectivity index (χ3n) is 3.23. The van der Waals surface area contributed by atoms with Crippen LogP contribution in [0.25, 0.3) is 0 Å². The van der Waals surface area contributed by atoms with E-state index in [9.17, 15) is 4.79 Å². The van der Waals surface area contributed by atoms with Gasteiger partial charge in [-0.2, -0.15) is 0 Å². The highest BCUT2D eigenvalue weighted by Crippen LogP contribution is 2.17. The molecule has 2 aromatic rings. The van der Waals surface area contributed by atoms with Crippen molar-refractivity contribution in [3.05, 3.63) is 54.1 Å². The molecular formula is C17H21N3O. The molecule has 2 aromatic carbocycles. The number of amides is 1. The number of rotatable bonds is 5. The maximum atomic E-state index is 12.0. The Bertz CT molecular complexity index is 623. The van der Waals surface area contributed by atoms with E-state index in [2.05, 4.69) is 10.6 Å². The molecule has 0 spiro atoms. The molecule has 0 atom stereocenters. The number of nitrogens with zero attached hydrogens (tertiary/aromatic N) is 1. The van der Waals surface area contributed by atoms with Crippen LogP contribution in [0.1, 0.15) is 5.56 Å². The van der Waals surface area contributed by atoms with Crippen molar-refractivity contribution in [2.45, 2.75) is 6.92 Å². The minimum Gasteiger partial charge on any atom is -0.378 e. The molecular weight excluding hydrogens is 262 g/mol. The Morgan fingerprint density at radius 2 is 1.86 bits per heavy atom. The van der Waals surface area contributed by atoms with Gasteiger partial charge in [0.2, 0.25) is 5.91 Å². The Labute approximate surface area is 125 Å². The number of hydrogen-bond acceptors (Lipinski definition) is 3. The van der Waals surface area contributed by atoms with Gasteiger partial charge in [-0.05, 0) is 36.8 Å². The second-order valence-electron chi connectivity index (χ2n) is 5.16. The molecule has 0 bridgehead atoms. The lowest BCUT2D eigenvalue weighted by atomic mass is 10.2. The summed E-state index contributed by atoms with van der Waals surface area (Å²) in [5.41, 5.74) is 3.94. The van der Waals surface area contributed by atoms with Gasteiger partial charge < -0.3 is 15.5 Å². The second kappa shape index (κ2) is 6.79. The predicted octanol–water partition coefficient (Wildman–Crippen LogP) is 3.11. The Morgan fingerprint density at radius 1 is 1.10 bits per heavy atom. The van der Waals surface area contributed by atoms with Gasteiger partial charge in [0.1, 0.15) is 0 Å². The predicted molar refractivity (Wildman–Crippen MR) is 89.1 cm³/mol. The number of anilines is 3. The van der Waals surface area contributed by atoms with Gasteiger partial charge in [-0.3, -0.25) is 4.79 Å². The van der Waals surface area contributed by atoms with E-state index in [1.165, 1.54) is 0 Å². The fraction of sp³-hybridized carbons (Fsp3) is 0.235. The quantitative estimate of drug-likeness (QED) is 0.886. The second-order valence-corrected chi connectivity index (χ2v) is 5.16. The van der Waals surface area contributed by atoms with E-state index in [1.807, 2.05) is 74.4 Å². The molecule has 0 fully saturated rings. The van der Waals surface area contributed by atoms with Crippen LogP contribution >= 0.6 is 0 Å². The first-order valence-electron chi connectivity index (χ1n) is 6.93. The molecule has 4 nitrogen and oxygen atoms in total.